The largest absolute Gasteiger partial charge is 0.459 e. The molecule has 132 valence electrons. The number of aromatic nitrogens is 1. The highest BCUT2D eigenvalue weighted by Crippen LogP contribution is 2.29. The van der Waals surface area contributed by atoms with Gasteiger partial charge in [0.05, 0.1) is 6.54 Å². The van der Waals surface area contributed by atoms with Crippen LogP contribution in [0.4, 0.5) is 0 Å². The molecule has 0 saturated carbocycles. The van der Waals surface area contributed by atoms with Crippen LogP contribution in [0.1, 0.15) is 20.8 Å². The summed E-state index contributed by atoms with van der Waals surface area (Å²) in [5, 5.41) is 2.48. The van der Waals surface area contributed by atoms with Crippen LogP contribution in [-0.2, 0) is 16.1 Å². The van der Waals surface area contributed by atoms with Crippen LogP contribution in [0.2, 0.25) is 0 Å². The standard InChI is InChI=1S/C21H26N2O2/c1-4-22(5-2)14-17(25-16(3)24)15-23-20-12-8-6-10-18(20)19-11-7-9-13-21(19)23/h6-13,17H,4-5,14-15H2,1-3H3. The van der Waals surface area contributed by atoms with Crippen LogP contribution in [0.25, 0.3) is 21.8 Å². The molecule has 4 nitrogen and oxygen atoms in total. The molecule has 0 radical (unpaired) electrons. The number of benzene rings is 2. The minimum absolute atomic E-state index is 0.170. The highest BCUT2D eigenvalue weighted by molar-refractivity contribution is 6.07. The van der Waals surface area contributed by atoms with E-state index in [1.807, 2.05) is 0 Å². The topological polar surface area (TPSA) is 34.5 Å². The molecule has 0 aliphatic carbocycles. The Morgan fingerprint density at radius 3 is 2.00 bits per heavy atom. The van der Waals surface area contributed by atoms with Crippen molar-refractivity contribution in [2.75, 3.05) is 19.6 Å². The van der Waals surface area contributed by atoms with E-state index in [1.165, 1.54) is 28.7 Å². The van der Waals surface area contributed by atoms with Gasteiger partial charge in [-0.1, -0.05) is 50.2 Å². The molecular formula is C21H26N2O2. The molecular weight excluding hydrogens is 312 g/mol. The number of ether oxygens (including phenoxy) is 1. The minimum Gasteiger partial charge on any atom is -0.459 e. The highest BCUT2D eigenvalue weighted by atomic mass is 16.5. The second kappa shape index (κ2) is 7.70. The monoisotopic (exact) mass is 338 g/mol. The van der Waals surface area contributed by atoms with E-state index in [0.717, 1.165) is 19.6 Å². The summed E-state index contributed by atoms with van der Waals surface area (Å²) in [5.74, 6) is -0.224. The predicted molar refractivity (Wildman–Crippen MR) is 103 cm³/mol. The normalized spacial score (nSPS) is 12.8. The SMILES string of the molecule is CCN(CC)CC(Cn1c2ccccc2c2ccccc21)OC(C)=O. The lowest BCUT2D eigenvalue weighted by Gasteiger charge is -2.26. The van der Waals surface area contributed by atoms with Gasteiger partial charge in [0.2, 0.25) is 0 Å². The number of esters is 1. The van der Waals surface area contributed by atoms with Crippen molar-refractivity contribution in [3.8, 4) is 0 Å². The summed E-state index contributed by atoms with van der Waals surface area (Å²) >= 11 is 0. The number of carbonyl (C=O) groups excluding carboxylic acids is 1. The maximum Gasteiger partial charge on any atom is 0.303 e. The molecule has 0 saturated heterocycles. The average molecular weight is 338 g/mol. The number of carbonyl (C=O) groups is 1. The van der Waals surface area contributed by atoms with Crippen molar-refractivity contribution < 1.29 is 9.53 Å². The van der Waals surface area contributed by atoms with Gasteiger partial charge in [0.25, 0.3) is 0 Å². The first kappa shape index (κ1) is 17.5. The van der Waals surface area contributed by atoms with E-state index >= 15 is 0 Å². The fourth-order valence-electron chi connectivity index (χ4n) is 3.54. The van der Waals surface area contributed by atoms with Gasteiger partial charge in [-0.15, -0.1) is 0 Å². The fourth-order valence-corrected chi connectivity index (χ4v) is 3.54. The Kier molecular flexibility index (Phi) is 5.39. The van der Waals surface area contributed by atoms with Gasteiger partial charge in [0, 0.05) is 35.3 Å². The van der Waals surface area contributed by atoms with Gasteiger partial charge >= 0.3 is 5.97 Å². The van der Waals surface area contributed by atoms with Crippen molar-refractivity contribution in [3.05, 3.63) is 48.5 Å². The maximum atomic E-state index is 11.6. The molecule has 3 rings (SSSR count). The molecule has 1 heterocycles. The van der Waals surface area contributed by atoms with Gasteiger partial charge in [0.15, 0.2) is 0 Å². The summed E-state index contributed by atoms with van der Waals surface area (Å²) in [5.41, 5.74) is 2.36. The summed E-state index contributed by atoms with van der Waals surface area (Å²) < 4.78 is 7.93. The first-order valence-electron chi connectivity index (χ1n) is 8.99. The van der Waals surface area contributed by atoms with Crippen LogP contribution in [0, 0.1) is 0 Å². The highest BCUT2D eigenvalue weighted by Gasteiger charge is 2.19. The van der Waals surface area contributed by atoms with Crippen LogP contribution in [0.15, 0.2) is 48.5 Å². The van der Waals surface area contributed by atoms with Gasteiger partial charge in [-0.05, 0) is 25.2 Å². The fraction of sp³-hybridized carbons (Fsp3) is 0.381. The molecule has 1 atom stereocenters. The zero-order chi connectivity index (χ0) is 17.8. The summed E-state index contributed by atoms with van der Waals surface area (Å²) in [6, 6.07) is 16.8. The van der Waals surface area contributed by atoms with Crippen LogP contribution in [-0.4, -0.2) is 41.2 Å². The van der Waals surface area contributed by atoms with Crippen molar-refractivity contribution >= 4 is 27.8 Å². The van der Waals surface area contributed by atoms with Gasteiger partial charge in [-0.3, -0.25) is 4.79 Å². The van der Waals surface area contributed by atoms with Gasteiger partial charge in [0.1, 0.15) is 6.10 Å². The molecule has 0 N–H and O–H groups in total. The number of para-hydroxylation sites is 2. The molecule has 0 spiro atoms. The third-order valence-electron chi connectivity index (χ3n) is 4.75. The lowest BCUT2D eigenvalue weighted by molar-refractivity contribution is -0.147. The van der Waals surface area contributed by atoms with Crippen molar-refractivity contribution in [1.29, 1.82) is 0 Å². The third kappa shape index (κ3) is 3.69. The van der Waals surface area contributed by atoms with Gasteiger partial charge < -0.3 is 14.2 Å². The molecule has 3 aromatic rings. The Hall–Kier alpha value is -2.33. The minimum atomic E-state index is -0.224. The molecule has 4 heteroatoms. The average Bonchev–Trinajstić information content (AvgIpc) is 2.93. The van der Waals surface area contributed by atoms with Crippen LogP contribution >= 0.6 is 0 Å². The number of hydrogen-bond donors (Lipinski definition) is 0. The maximum absolute atomic E-state index is 11.6. The molecule has 1 aromatic heterocycles. The summed E-state index contributed by atoms with van der Waals surface area (Å²) in [7, 11) is 0. The summed E-state index contributed by atoms with van der Waals surface area (Å²) in [4.78, 5) is 13.9. The second-order valence-electron chi connectivity index (χ2n) is 6.36. The van der Waals surface area contributed by atoms with Crippen molar-refractivity contribution in [2.45, 2.75) is 33.4 Å². The molecule has 0 aliphatic heterocycles. The number of nitrogens with zero attached hydrogens (tertiary/aromatic N) is 2. The third-order valence-corrected chi connectivity index (χ3v) is 4.75. The number of fused-ring (bicyclic) bond motifs is 3. The Labute approximate surface area is 149 Å². The van der Waals surface area contributed by atoms with Crippen molar-refractivity contribution in [3.63, 3.8) is 0 Å². The summed E-state index contributed by atoms with van der Waals surface area (Å²) in [6.45, 7) is 9.05. The van der Waals surface area contributed by atoms with E-state index in [9.17, 15) is 4.79 Å². The molecule has 0 bridgehead atoms. The van der Waals surface area contributed by atoms with Gasteiger partial charge in [-0.25, -0.2) is 0 Å². The van der Waals surface area contributed by atoms with Crippen molar-refractivity contribution in [2.24, 2.45) is 0 Å². The first-order chi connectivity index (χ1) is 12.1. The zero-order valence-electron chi connectivity index (χ0n) is 15.2. The Balaban J connectivity index is 2.01. The summed E-state index contributed by atoms with van der Waals surface area (Å²) in [6.07, 6.45) is -0.170. The molecule has 1 unspecified atom stereocenters. The Bertz CT molecular complexity index is 811. The van der Waals surface area contributed by atoms with E-state index in [2.05, 4.69) is 71.8 Å². The number of likely N-dealkylation sites (N-methyl/N-ethyl adjacent to an activating group) is 1. The number of rotatable bonds is 7. The zero-order valence-corrected chi connectivity index (χ0v) is 15.2. The van der Waals surface area contributed by atoms with Crippen LogP contribution in [0.5, 0.6) is 0 Å². The lowest BCUT2D eigenvalue weighted by Crippen LogP contribution is -2.37. The Morgan fingerprint density at radius 1 is 1.00 bits per heavy atom. The van der Waals surface area contributed by atoms with Crippen molar-refractivity contribution in [1.82, 2.24) is 9.47 Å². The molecule has 2 aromatic carbocycles. The van der Waals surface area contributed by atoms with Gasteiger partial charge in [-0.2, -0.15) is 0 Å². The quantitative estimate of drug-likeness (QED) is 0.609. The van der Waals surface area contributed by atoms with E-state index in [-0.39, 0.29) is 12.1 Å². The van der Waals surface area contributed by atoms with Crippen LogP contribution < -0.4 is 0 Å². The lowest BCUT2D eigenvalue weighted by atomic mass is 10.2. The molecule has 0 fully saturated rings. The van der Waals surface area contributed by atoms with E-state index in [4.69, 9.17) is 4.74 Å². The molecule has 25 heavy (non-hydrogen) atoms. The molecule has 0 amide bonds. The molecule has 0 aliphatic rings. The number of hydrogen-bond acceptors (Lipinski definition) is 3. The Morgan fingerprint density at radius 2 is 1.52 bits per heavy atom. The predicted octanol–water partition coefficient (Wildman–Crippen LogP) is 4.07. The first-order valence-corrected chi connectivity index (χ1v) is 8.99. The second-order valence-corrected chi connectivity index (χ2v) is 6.36. The smallest absolute Gasteiger partial charge is 0.303 e. The van der Waals surface area contributed by atoms with Crippen LogP contribution in [0.3, 0.4) is 0 Å². The van der Waals surface area contributed by atoms with E-state index < -0.39 is 0 Å². The van der Waals surface area contributed by atoms with E-state index in [1.54, 1.807) is 0 Å². The van der Waals surface area contributed by atoms with E-state index in [0.29, 0.717) is 6.54 Å².